The summed E-state index contributed by atoms with van der Waals surface area (Å²) in [5.74, 6) is 0.516. The minimum atomic E-state index is -0.0794. The van der Waals surface area contributed by atoms with E-state index in [9.17, 15) is 4.79 Å². The maximum Gasteiger partial charge on any atom is 0.321 e. The number of urea groups is 1. The first-order chi connectivity index (χ1) is 12.2. The molecule has 0 radical (unpaired) electrons. The zero-order chi connectivity index (χ0) is 17.6. The van der Waals surface area contributed by atoms with E-state index in [1.165, 1.54) is 6.20 Å². The van der Waals surface area contributed by atoms with E-state index in [0.29, 0.717) is 24.5 Å². The Morgan fingerprint density at radius 2 is 2.04 bits per heavy atom. The van der Waals surface area contributed by atoms with E-state index in [-0.39, 0.29) is 12.1 Å². The fourth-order valence-electron chi connectivity index (χ4n) is 2.77. The van der Waals surface area contributed by atoms with Crippen LogP contribution in [0.1, 0.15) is 24.0 Å². The maximum absolute atomic E-state index is 12.4. The summed E-state index contributed by atoms with van der Waals surface area (Å²) in [6.07, 6.45) is 3.04. The van der Waals surface area contributed by atoms with Gasteiger partial charge in [-0.05, 0) is 24.6 Å². The molecule has 2 amide bonds. The molecule has 1 aliphatic heterocycles. The number of carbonyl (C=O) groups is 1. The SMILES string of the molecule is Cc1ccccc1NC(=O)N1CCC(Oc2ccc(C#N)cn2)CC1. The summed E-state index contributed by atoms with van der Waals surface area (Å²) in [6.45, 7) is 3.25. The van der Waals surface area contributed by atoms with Gasteiger partial charge in [0.15, 0.2) is 0 Å². The van der Waals surface area contributed by atoms with Crippen molar-refractivity contribution in [3.05, 3.63) is 53.7 Å². The molecule has 1 aromatic heterocycles. The summed E-state index contributed by atoms with van der Waals surface area (Å²) in [4.78, 5) is 18.3. The highest BCUT2D eigenvalue weighted by Crippen LogP contribution is 2.19. The number of aromatic nitrogens is 1. The molecule has 6 nitrogen and oxygen atoms in total. The lowest BCUT2D eigenvalue weighted by Crippen LogP contribution is -2.43. The van der Waals surface area contributed by atoms with Crippen LogP contribution in [0.3, 0.4) is 0 Å². The summed E-state index contributed by atoms with van der Waals surface area (Å²) in [7, 11) is 0. The number of hydrogen-bond acceptors (Lipinski definition) is 4. The summed E-state index contributed by atoms with van der Waals surface area (Å²) in [5.41, 5.74) is 2.39. The Labute approximate surface area is 147 Å². The van der Waals surface area contributed by atoms with Crippen molar-refractivity contribution in [1.82, 2.24) is 9.88 Å². The van der Waals surface area contributed by atoms with Gasteiger partial charge in [0.1, 0.15) is 12.2 Å². The van der Waals surface area contributed by atoms with Crippen LogP contribution in [0.2, 0.25) is 0 Å². The third-order valence-corrected chi connectivity index (χ3v) is 4.27. The Kier molecular flexibility index (Phi) is 5.14. The summed E-state index contributed by atoms with van der Waals surface area (Å²) >= 11 is 0. The monoisotopic (exact) mass is 336 g/mol. The second-order valence-electron chi connectivity index (χ2n) is 6.05. The Hall–Kier alpha value is -3.07. The highest BCUT2D eigenvalue weighted by atomic mass is 16.5. The van der Waals surface area contributed by atoms with Gasteiger partial charge in [0.2, 0.25) is 5.88 Å². The quantitative estimate of drug-likeness (QED) is 0.932. The number of ether oxygens (including phenoxy) is 1. The smallest absolute Gasteiger partial charge is 0.321 e. The number of para-hydroxylation sites is 1. The molecule has 1 saturated heterocycles. The molecule has 1 aromatic carbocycles. The first-order valence-electron chi connectivity index (χ1n) is 8.30. The predicted molar refractivity (Wildman–Crippen MR) is 94.4 cm³/mol. The van der Waals surface area contributed by atoms with Gasteiger partial charge in [0.25, 0.3) is 0 Å². The highest BCUT2D eigenvalue weighted by Gasteiger charge is 2.24. The molecule has 2 aromatic rings. The Bertz CT molecular complexity index is 775. The van der Waals surface area contributed by atoms with Crippen LogP contribution in [0.25, 0.3) is 0 Å². The Morgan fingerprint density at radius 1 is 1.28 bits per heavy atom. The normalized spacial score (nSPS) is 14.6. The zero-order valence-corrected chi connectivity index (χ0v) is 14.1. The lowest BCUT2D eigenvalue weighted by molar-refractivity contribution is 0.111. The number of nitriles is 1. The molecular weight excluding hydrogens is 316 g/mol. The number of aryl methyl sites for hydroxylation is 1. The van der Waals surface area contributed by atoms with E-state index >= 15 is 0 Å². The number of nitrogens with one attached hydrogen (secondary N) is 1. The minimum Gasteiger partial charge on any atom is -0.474 e. The molecule has 6 heteroatoms. The van der Waals surface area contributed by atoms with Crippen LogP contribution >= 0.6 is 0 Å². The minimum absolute atomic E-state index is 0.0305. The number of amides is 2. The van der Waals surface area contributed by atoms with Crippen molar-refractivity contribution >= 4 is 11.7 Å². The van der Waals surface area contributed by atoms with Gasteiger partial charge in [-0.1, -0.05) is 18.2 Å². The zero-order valence-electron chi connectivity index (χ0n) is 14.1. The molecule has 1 N–H and O–H groups in total. The molecule has 1 fully saturated rings. The lowest BCUT2D eigenvalue weighted by Gasteiger charge is -2.32. The molecule has 1 aliphatic rings. The molecule has 0 saturated carbocycles. The van der Waals surface area contributed by atoms with E-state index in [1.807, 2.05) is 37.3 Å². The third kappa shape index (κ3) is 4.27. The number of anilines is 1. The van der Waals surface area contributed by atoms with Crippen LogP contribution in [0, 0.1) is 18.3 Å². The third-order valence-electron chi connectivity index (χ3n) is 4.27. The number of rotatable bonds is 3. The molecular formula is C19H20N4O2. The van der Waals surface area contributed by atoms with Crippen LogP contribution in [0.4, 0.5) is 10.5 Å². The average Bonchev–Trinajstić information content (AvgIpc) is 2.65. The van der Waals surface area contributed by atoms with E-state index in [2.05, 4.69) is 10.3 Å². The molecule has 0 spiro atoms. The first-order valence-corrected chi connectivity index (χ1v) is 8.30. The summed E-state index contributed by atoms with van der Waals surface area (Å²) in [5, 5.41) is 11.7. The first kappa shape index (κ1) is 16.8. The van der Waals surface area contributed by atoms with Crippen molar-refractivity contribution in [2.45, 2.75) is 25.9 Å². The van der Waals surface area contributed by atoms with Gasteiger partial charge in [0.05, 0.1) is 5.56 Å². The average molecular weight is 336 g/mol. The molecule has 0 atom stereocenters. The topological polar surface area (TPSA) is 78.3 Å². The fraction of sp³-hybridized carbons (Fsp3) is 0.316. The number of piperidine rings is 1. The van der Waals surface area contributed by atoms with Gasteiger partial charge < -0.3 is 15.0 Å². The van der Waals surface area contributed by atoms with Crippen molar-refractivity contribution in [2.24, 2.45) is 0 Å². The van der Waals surface area contributed by atoms with Crippen LogP contribution in [0.5, 0.6) is 5.88 Å². The number of hydrogen-bond donors (Lipinski definition) is 1. The van der Waals surface area contributed by atoms with Crippen molar-refractivity contribution in [2.75, 3.05) is 18.4 Å². The van der Waals surface area contributed by atoms with Crippen molar-refractivity contribution in [1.29, 1.82) is 5.26 Å². The van der Waals surface area contributed by atoms with E-state index < -0.39 is 0 Å². The molecule has 2 heterocycles. The Morgan fingerprint density at radius 3 is 2.68 bits per heavy atom. The number of likely N-dealkylation sites (tertiary alicyclic amines) is 1. The largest absolute Gasteiger partial charge is 0.474 e. The van der Waals surface area contributed by atoms with Gasteiger partial charge in [-0.2, -0.15) is 5.26 Å². The summed E-state index contributed by atoms with van der Waals surface area (Å²) in [6, 6.07) is 13.1. The predicted octanol–water partition coefficient (Wildman–Crippen LogP) is 3.34. The van der Waals surface area contributed by atoms with Gasteiger partial charge in [-0.15, -0.1) is 0 Å². The Balaban J connectivity index is 1.50. The van der Waals surface area contributed by atoms with Gasteiger partial charge in [0, 0.05) is 43.9 Å². The number of nitrogens with zero attached hydrogens (tertiary/aromatic N) is 3. The number of pyridine rings is 1. The van der Waals surface area contributed by atoms with Crippen molar-refractivity contribution < 1.29 is 9.53 Å². The van der Waals surface area contributed by atoms with Crippen LogP contribution in [-0.2, 0) is 0 Å². The fourth-order valence-corrected chi connectivity index (χ4v) is 2.77. The molecule has 0 bridgehead atoms. The second-order valence-corrected chi connectivity index (χ2v) is 6.05. The van der Waals surface area contributed by atoms with Gasteiger partial charge >= 0.3 is 6.03 Å². The van der Waals surface area contributed by atoms with E-state index in [1.54, 1.807) is 17.0 Å². The number of benzene rings is 1. The molecule has 0 unspecified atom stereocenters. The highest BCUT2D eigenvalue weighted by molar-refractivity contribution is 5.90. The van der Waals surface area contributed by atoms with Crippen molar-refractivity contribution in [3.63, 3.8) is 0 Å². The lowest BCUT2D eigenvalue weighted by atomic mass is 10.1. The van der Waals surface area contributed by atoms with Crippen LogP contribution < -0.4 is 10.1 Å². The molecule has 25 heavy (non-hydrogen) atoms. The molecule has 0 aliphatic carbocycles. The van der Waals surface area contributed by atoms with E-state index in [4.69, 9.17) is 10.00 Å². The standard InChI is InChI=1S/C19H20N4O2/c1-14-4-2-3-5-17(14)22-19(24)23-10-8-16(9-11-23)25-18-7-6-15(12-20)13-21-18/h2-7,13,16H,8-11H2,1H3,(H,22,24). The van der Waals surface area contributed by atoms with Crippen molar-refractivity contribution in [3.8, 4) is 11.9 Å². The molecule has 3 rings (SSSR count). The van der Waals surface area contributed by atoms with Gasteiger partial charge in [-0.3, -0.25) is 0 Å². The second kappa shape index (κ2) is 7.67. The maximum atomic E-state index is 12.4. The van der Waals surface area contributed by atoms with Crippen LogP contribution in [-0.4, -0.2) is 35.1 Å². The van der Waals surface area contributed by atoms with Gasteiger partial charge in [-0.25, -0.2) is 9.78 Å². The summed E-state index contributed by atoms with van der Waals surface area (Å²) < 4.78 is 5.84. The molecule has 128 valence electrons. The number of carbonyl (C=O) groups excluding carboxylic acids is 1. The van der Waals surface area contributed by atoms with E-state index in [0.717, 1.165) is 24.1 Å². The van der Waals surface area contributed by atoms with Crippen LogP contribution in [0.15, 0.2) is 42.6 Å².